The lowest BCUT2D eigenvalue weighted by Gasteiger charge is -2.37. The van der Waals surface area contributed by atoms with Gasteiger partial charge in [-0.3, -0.25) is 4.79 Å². The van der Waals surface area contributed by atoms with Gasteiger partial charge < -0.3 is 9.80 Å². The molecule has 0 aromatic heterocycles. The highest BCUT2D eigenvalue weighted by Crippen LogP contribution is 2.23. The van der Waals surface area contributed by atoms with Gasteiger partial charge in [0.2, 0.25) is 15.9 Å². The number of amides is 1. The maximum absolute atomic E-state index is 12.7. The van der Waals surface area contributed by atoms with Crippen molar-refractivity contribution < 1.29 is 13.2 Å². The largest absolute Gasteiger partial charge is 0.340 e. The summed E-state index contributed by atoms with van der Waals surface area (Å²) in [5, 5.41) is 0. The van der Waals surface area contributed by atoms with Gasteiger partial charge in [-0.05, 0) is 38.3 Å². The Morgan fingerprint density at radius 2 is 1.63 bits per heavy atom. The zero-order chi connectivity index (χ0) is 19.3. The zero-order valence-electron chi connectivity index (χ0n) is 16.2. The fourth-order valence-electron chi connectivity index (χ4n) is 3.90. The van der Waals surface area contributed by atoms with E-state index in [1.54, 1.807) is 4.31 Å². The average molecular weight is 394 g/mol. The third-order valence-corrected chi connectivity index (χ3v) is 7.68. The molecule has 27 heavy (non-hydrogen) atoms. The number of sulfonamides is 1. The second kappa shape index (κ2) is 9.17. The molecular weight excluding hydrogens is 362 g/mol. The minimum Gasteiger partial charge on any atom is -0.340 e. The van der Waals surface area contributed by atoms with Crippen LogP contribution < -0.4 is 0 Å². The van der Waals surface area contributed by atoms with Crippen LogP contribution in [-0.4, -0.2) is 80.5 Å². The lowest BCUT2D eigenvalue weighted by molar-refractivity contribution is -0.138. The minimum atomic E-state index is -3.23. The molecule has 6 nitrogen and oxygen atoms in total. The van der Waals surface area contributed by atoms with Crippen molar-refractivity contribution in [3.05, 3.63) is 35.9 Å². The molecule has 1 aromatic rings. The van der Waals surface area contributed by atoms with Crippen LogP contribution in [0.5, 0.6) is 0 Å². The SMILES string of the molecule is CN1CCN(C(=O)C2CCN(S(=O)(=O)CCCc3ccccc3)CC2)CC1. The summed E-state index contributed by atoms with van der Waals surface area (Å²) in [6.07, 6.45) is 2.69. The van der Waals surface area contributed by atoms with Crippen molar-refractivity contribution in [2.45, 2.75) is 25.7 Å². The van der Waals surface area contributed by atoms with Crippen LogP contribution >= 0.6 is 0 Å². The molecule has 2 heterocycles. The third-order valence-electron chi connectivity index (χ3n) is 5.72. The van der Waals surface area contributed by atoms with Gasteiger partial charge in [-0.25, -0.2) is 12.7 Å². The van der Waals surface area contributed by atoms with Crippen LogP contribution in [0.15, 0.2) is 30.3 Å². The Balaban J connectivity index is 1.44. The molecule has 0 saturated carbocycles. The number of likely N-dealkylation sites (N-methyl/N-ethyl adjacent to an activating group) is 1. The number of nitrogens with zero attached hydrogens (tertiary/aromatic N) is 3. The Labute approximate surface area is 163 Å². The summed E-state index contributed by atoms with van der Waals surface area (Å²) in [6, 6.07) is 9.98. The van der Waals surface area contributed by atoms with Crippen molar-refractivity contribution in [1.82, 2.24) is 14.1 Å². The summed E-state index contributed by atoms with van der Waals surface area (Å²) in [6.45, 7) is 4.34. The predicted octanol–water partition coefficient (Wildman–Crippen LogP) is 1.44. The van der Waals surface area contributed by atoms with E-state index >= 15 is 0 Å². The van der Waals surface area contributed by atoms with Crippen molar-refractivity contribution in [2.24, 2.45) is 5.92 Å². The highest BCUT2D eigenvalue weighted by Gasteiger charge is 2.33. The fraction of sp³-hybridized carbons (Fsp3) is 0.650. The van der Waals surface area contributed by atoms with Crippen LogP contribution in [0.2, 0.25) is 0 Å². The fourth-order valence-corrected chi connectivity index (χ4v) is 5.43. The predicted molar refractivity (Wildman–Crippen MR) is 107 cm³/mol. The molecule has 0 atom stereocenters. The summed E-state index contributed by atoms with van der Waals surface area (Å²) < 4.78 is 26.8. The summed E-state index contributed by atoms with van der Waals surface area (Å²) in [5.74, 6) is 0.368. The number of hydrogen-bond donors (Lipinski definition) is 0. The Morgan fingerprint density at radius 1 is 1.00 bits per heavy atom. The molecule has 150 valence electrons. The summed E-state index contributed by atoms with van der Waals surface area (Å²) in [7, 11) is -1.16. The Bertz CT molecular complexity index is 707. The van der Waals surface area contributed by atoms with E-state index in [0.29, 0.717) is 32.4 Å². The molecule has 0 unspecified atom stereocenters. The summed E-state index contributed by atoms with van der Waals surface area (Å²) in [4.78, 5) is 16.9. The van der Waals surface area contributed by atoms with E-state index in [-0.39, 0.29) is 17.6 Å². The smallest absolute Gasteiger partial charge is 0.225 e. The Hall–Kier alpha value is -1.44. The normalized spacial score (nSPS) is 20.7. The zero-order valence-corrected chi connectivity index (χ0v) is 17.0. The molecule has 2 aliphatic heterocycles. The number of piperidine rings is 1. The van der Waals surface area contributed by atoms with E-state index in [1.807, 2.05) is 35.2 Å². The van der Waals surface area contributed by atoms with E-state index in [2.05, 4.69) is 11.9 Å². The average Bonchev–Trinajstić information content (AvgIpc) is 2.69. The van der Waals surface area contributed by atoms with Crippen molar-refractivity contribution >= 4 is 15.9 Å². The van der Waals surface area contributed by atoms with E-state index in [4.69, 9.17) is 0 Å². The summed E-state index contributed by atoms with van der Waals surface area (Å²) in [5.41, 5.74) is 1.17. The van der Waals surface area contributed by atoms with Gasteiger partial charge in [-0.15, -0.1) is 0 Å². The first-order valence-electron chi connectivity index (χ1n) is 9.95. The second-order valence-corrected chi connectivity index (χ2v) is 9.80. The van der Waals surface area contributed by atoms with Crippen molar-refractivity contribution in [1.29, 1.82) is 0 Å². The third kappa shape index (κ3) is 5.53. The molecule has 1 aromatic carbocycles. The maximum atomic E-state index is 12.7. The lowest BCUT2D eigenvalue weighted by atomic mass is 9.96. The molecule has 0 N–H and O–H groups in total. The van der Waals surface area contributed by atoms with Crippen molar-refractivity contribution in [3.63, 3.8) is 0 Å². The van der Waals surface area contributed by atoms with E-state index in [1.165, 1.54) is 5.56 Å². The molecule has 2 saturated heterocycles. The van der Waals surface area contributed by atoms with E-state index in [0.717, 1.165) is 32.6 Å². The molecule has 0 bridgehead atoms. The van der Waals surface area contributed by atoms with Gasteiger partial charge >= 0.3 is 0 Å². The first-order chi connectivity index (χ1) is 13.0. The Morgan fingerprint density at radius 3 is 2.26 bits per heavy atom. The van der Waals surface area contributed by atoms with E-state index < -0.39 is 10.0 Å². The molecule has 2 aliphatic rings. The first kappa shape index (κ1) is 20.3. The van der Waals surface area contributed by atoms with Crippen LogP contribution in [0, 0.1) is 5.92 Å². The molecular formula is C20H31N3O3S. The van der Waals surface area contributed by atoms with Crippen molar-refractivity contribution in [2.75, 3.05) is 52.1 Å². The van der Waals surface area contributed by atoms with E-state index in [9.17, 15) is 13.2 Å². The van der Waals surface area contributed by atoms with Crippen LogP contribution in [0.25, 0.3) is 0 Å². The van der Waals surface area contributed by atoms with Crippen LogP contribution in [0.4, 0.5) is 0 Å². The van der Waals surface area contributed by atoms with Gasteiger partial charge in [0.1, 0.15) is 0 Å². The highest BCUT2D eigenvalue weighted by atomic mass is 32.2. The molecule has 0 radical (unpaired) electrons. The molecule has 0 spiro atoms. The summed E-state index contributed by atoms with van der Waals surface area (Å²) >= 11 is 0. The number of carbonyl (C=O) groups excluding carboxylic acids is 1. The van der Waals surface area contributed by atoms with Crippen molar-refractivity contribution in [3.8, 4) is 0 Å². The first-order valence-corrected chi connectivity index (χ1v) is 11.6. The van der Waals surface area contributed by atoms with Gasteiger partial charge in [0.15, 0.2) is 0 Å². The molecule has 1 amide bonds. The highest BCUT2D eigenvalue weighted by molar-refractivity contribution is 7.89. The number of carbonyl (C=O) groups is 1. The molecule has 7 heteroatoms. The topological polar surface area (TPSA) is 60.9 Å². The molecule has 2 fully saturated rings. The van der Waals surface area contributed by atoms with Crippen LogP contribution in [0.1, 0.15) is 24.8 Å². The number of hydrogen-bond acceptors (Lipinski definition) is 4. The standard InChI is InChI=1S/C20H31N3O3S/c1-21-13-15-22(16-14-21)20(24)19-9-11-23(12-10-19)27(25,26)17-5-8-18-6-3-2-4-7-18/h2-4,6-7,19H,5,8-17H2,1H3. The van der Waals surface area contributed by atoms with Gasteiger partial charge in [0.25, 0.3) is 0 Å². The Kier molecular flexibility index (Phi) is 6.89. The lowest BCUT2D eigenvalue weighted by Crippen LogP contribution is -2.51. The van der Waals surface area contributed by atoms with Gasteiger partial charge in [0.05, 0.1) is 5.75 Å². The monoisotopic (exact) mass is 393 g/mol. The molecule has 3 rings (SSSR count). The minimum absolute atomic E-state index is 0.0239. The number of benzene rings is 1. The number of rotatable bonds is 6. The second-order valence-electron chi connectivity index (χ2n) is 7.71. The van der Waals surface area contributed by atoms with Crippen LogP contribution in [0.3, 0.4) is 0 Å². The number of aryl methyl sites for hydroxylation is 1. The molecule has 0 aliphatic carbocycles. The quantitative estimate of drug-likeness (QED) is 0.734. The van der Waals surface area contributed by atoms with Gasteiger partial charge in [-0.1, -0.05) is 30.3 Å². The van der Waals surface area contributed by atoms with Crippen LogP contribution in [-0.2, 0) is 21.2 Å². The van der Waals surface area contributed by atoms with Gasteiger partial charge in [0, 0.05) is 45.2 Å². The van der Waals surface area contributed by atoms with Gasteiger partial charge in [-0.2, -0.15) is 0 Å². The number of piperazine rings is 1. The maximum Gasteiger partial charge on any atom is 0.225 e.